The lowest BCUT2D eigenvalue weighted by molar-refractivity contribution is -0.152. The van der Waals surface area contributed by atoms with E-state index in [1.807, 2.05) is 24.3 Å². The average Bonchev–Trinajstić information content (AvgIpc) is 2.44. The second kappa shape index (κ2) is 5.73. The average molecular weight is 263 g/mol. The van der Waals surface area contributed by atoms with Crippen molar-refractivity contribution in [1.82, 2.24) is 4.90 Å². The van der Waals surface area contributed by atoms with Crippen molar-refractivity contribution in [3.05, 3.63) is 29.8 Å². The number of hydrogen-bond donors (Lipinski definition) is 0. The van der Waals surface area contributed by atoms with E-state index in [4.69, 9.17) is 4.74 Å². The van der Waals surface area contributed by atoms with E-state index in [0.717, 1.165) is 11.3 Å². The van der Waals surface area contributed by atoms with Gasteiger partial charge in [0.2, 0.25) is 5.91 Å². The quantitative estimate of drug-likeness (QED) is 0.594. The van der Waals surface area contributed by atoms with Gasteiger partial charge in [0.1, 0.15) is 5.75 Å². The second-order valence-electron chi connectivity index (χ2n) is 4.51. The number of likely N-dealkylation sites (tertiary alicyclic amines) is 1. The molecule has 0 aromatic heterocycles. The Morgan fingerprint density at radius 2 is 2.00 bits per heavy atom. The van der Waals surface area contributed by atoms with Crippen LogP contribution in [0.15, 0.2) is 24.3 Å². The minimum absolute atomic E-state index is 0.0398. The molecule has 5 nitrogen and oxygen atoms in total. The van der Waals surface area contributed by atoms with Gasteiger partial charge in [-0.15, -0.1) is 0 Å². The molecule has 1 aromatic carbocycles. The highest BCUT2D eigenvalue weighted by Gasteiger charge is 2.37. The first-order valence-corrected chi connectivity index (χ1v) is 6.13. The van der Waals surface area contributed by atoms with Gasteiger partial charge in [-0.1, -0.05) is 12.1 Å². The van der Waals surface area contributed by atoms with Crippen LogP contribution in [0.1, 0.15) is 18.4 Å². The predicted octanol–water partition coefficient (Wildman–Crippen LogP) is 1.36. The Hall–Kier alpha value is -2.04. The summed E-state index contributed by atoms with van der Waals surface area (Å²) in [4.78, 5) is 24.5. The standard InChI is InChI=1S/C14H17NO4/c1-18-12-5-3-10(4-6-12)9-15-11(7-13(15)16)8-14(17)19-2/h3-6,11H,7-9H2,1-2H3. The van der Waals surface area contributed by atoms with E-state index in [0.29, 0.717) is 13.0 Å². The molecule has 0 bridgehead atoms. The van der Waals surface area contributed by atoms with E-state index < -0.39 is 0 Å². The summed E-state index contributed by atoms with van der Waals surface area (Å²) in [5.41, 5.74) is 1.02. The third kappa shape index (κ3) is 3.05. The zero-order chi connectivity index (χ0) is 13.8. The van der Waals surface area contributed by atoms with E-state index in [-0.39, 0.29) is 24.3 Å². The molecule has 1 saturated heterocycles. The number of ether oxygens (including phenoxy) is 2. The summed E-state index contributed by atoms with van der Waals surface area (Å²) >= 11 is 0. The Morgan fingerprint density at radius 3 is 2.53 bits per heavy atom. The number of hydrogen-bond acceptors (Lipinski definition) is 4. The monoisotopic (exact) mass is 263 g/mol. The normalized spacial score (nSPS) is 17.9. The summed E-state index contributed by atoms with van der Waals surface area (Å²) in [6.07, 6.45) is 0.684. The molecule has 19 heavy (non-hydrogen) atoms. The summed E-state index contributed by atoms with van der Waals surface area (Å²) in [6, 6.07) is 7.50. The van der Waals surface area contributed by atoms with Gasteiger partial charge in [0.15, 0.2) is 0 Å². The fourth-order valence-electron chi connectivity index (χ4n) is 2.12. The van der Waals surface area contributed by atoms with Crippen LogP contribution in [0, 0.1) is 0 Å². The molecule has 1 aliphatic rings. The van der Waals surface area contributed by atoms with Gasteiger partial charge in [0, 0.05) is 13.0 Å². The van der Waals surface area contributed by atoms with Crippen LogP contribution >= 0.6 is 0 Å². The Bertz CT molecular complexity index is 469. The Labute approximate surface area is 112 Å². The van der Waals surface area contributed by atoms with E-state index in [2.05, 4.69) is 4.74 Å². The molecule has 0 N–H and O–H groups in total. The third-order valence-corrected chi connectivity index (χ3v) is 3.31. The number of esters is 1. The predicted molar refractivity (Wildman–Crippen MR) is 68.6 cm³/mol. The van der Waals surface area contributed by atoms with Crippen molar-refractivity contribution < 1.29 is 19.1 Å². The molecule has 1 amide bonds. The van der Waals surface area contributed by atoms with Crippen molar-refractivity contribution in [2.75, 3.05) is 14.2 Å². The van der Waals surface area contributed by atoms with Gasteiger partial charge < -0.3 is 14.4 Å². The van der Waals surface area contributed by atoms with Crippen molar-refractivity contribution in [2.45, 2.75) is 25.4 Å². The van der Waals surface area contributed by atoms with Gasteiger partial charge in [-0.3, -0.25) is 9.59 Å². The van der Waals surface area contributed by atoms with E-state index >= 15 is 0 Å². The molecular weight excluding hydrogens is 246 g/mol. The molecule has 1 heterocycles. The molecule has 102 valence electrons. The first-order chi connectivity index (χ1) is 9.13. The maximum absolute atomic E-state index is 11.6. The molecular formula is C14H17NO4. The van der Waals surface area contributed by atoms with Crippen LogP contribution in [0.25, 0.3) is 0 Å². The number of methoxy groups -OCH3 is 2. The molecule has 5 heteroatoms. The van der Waals surface area contributed by atoms with Gasteiger partial charge in [0.05, 0.1) is 26.7 Å². The summed E-state index contributed by atoms with van der Waals surface area (Å²) in [6.45, 7) is 0.518. The molecule has 1 aromatic rings. The lowest BCUT2D eigenvalue weighted by Gasteiger charge is -2.40. The molecule has 0 aliphatic carbocycles. The van der Waals surface area contributed by atoms with Crippen LogP contribution in [0.5, 0.6) is 5.75 Å². The molecule has 1 aliphatic heterocycles. The first-order valence-electron chi connectivity index (χ1n) is 6.13. The third-order valence-electron chi connectivity index (χ3n) is 3.31. The zero-order valence-corrected chi connectivity index (χ0v) is 11.1. The first kappa shape index (κ1) is 13.4. The van der Waals surface area contributed by atoms with Crippen molar-refractivity contribution in [2.24, 2.45) is 0 Å². The van der Waals surface area contributed by atoms with Crippen LogP contribution < -0.4 is 4.74 Å². The van der Waals surface area contributed by atoms with Gasteiger partial charge in [0.25, 0.3) is 0 Å². The number of carbonyl (C=O) groups excluding carboxylic acids is 2. The summed E-state index contributed by atoms with van der Waals surface area (Å²) in [5.74, 6) is 0.576. The lowest BCUT2D eigenvalue weighted by Crippen LogP contribution is -2.52. The number of β-lactam (4-membered cyclic amide) rings is 1. The van der Waals surface area contributed by atoms with Crippen LogP contribution in [0.3, 0.4) is 0 Å². The number of rotatable bonds is 5. The number of nitrogens with zero attached hydrogens (tertiary/aromatic N) is 1. The second-order valence-corrected chi connectivity index (χ2v) is 4.51. The highest BCUT2D eigenvalue weighted by Crippen LogP contribution is 2.25. The highest BCUT2D eigenvalue weighted by molar-refractivity contribution is 5.85. The number of carbonyl (C=O) groups is 2. The fourth-order valence-corrected chi connectivity index (χ4v) is 2.12. The van der Waals surface area contributed by atoms with Crippen LogP contribution in [-0.2, 0) is 20.9 Å². The van der Waals surface area contributed by atoms with Crippen molar-refractivity contribution in [3.8, 4) is 5.75 Å². The van der Waals surface area contributed by atoms with Gasteiger partial charge in [-0.05, 0) is 17.7 Å². The zero-order valence-electron chi connectivity index (χ0n) is 11.1. The topological polar surface area (TPSA) is 55.8 Å². The van der Waals surface area contributed by atoms with Gasteiger partial charge in [-0.2, -0.15) is 0 Å². The Kier molecular flexibility index (Phi) is 4.04. The number of benzene rings is 1. The molecule has 1 fully saturated rings. The van der Waals surface area contributed by atoms with Crippen molar-refractivity contribution in [1.29, 1.82) is 0 Å². The van der Waals surface area contributed by atoms with Crippen LogP contribution in [0.2, 0.25) is 0 Å². The van der Waals surface area contributed by atoms with Gasteiger partial charge >= 0.3 is 5.97 Å². The lowest BCUT2D eigenvalue weighted by atomic mass is 9.97. The largest absolute Gasteiger partial charge is 0.497 e. The summed E-state index contributed by atoms with van der Waals surface area (Å²) in [7, 11) is 2.97. The maximum Gasteiger partial charge on any atom is 0.307 e. The minimum Gasteiger partial charge on any atom is -0.497 e. The smallest absolute Gasteiger partial charge is 0.307 e. The highest BCUT2D eigenvalue weighted by atomic mass is 16.5. The van der Waals surface area contributed by atoms with E-state index in [1.165, 1.54) is 7.11 Å². The van der Waals surface area contributed by atoms with Crippen LogP contribution in [0.4, 0.5) is 0 Å². The Balaban J connectivity index is 1.96. The molecule has 1 unspecified atom stereocenters. The van der Waals surface area contributed by atoms with Gasteiger partial charge in [-0.25, -0.2) is 0 Å². The molecule has 2 rings (SSSR count). The Morgan fingerprint density at radius 1 is 1.32 bits per heavy atom. The molecule has 1 atom stereocenters. The van der Waals surface area contributed by atoms with Crippen molar-refractivity contribution >= 4 is 11.9 Å². The molecule has 0 spiro atoms. The number of amides is 1. The van der Waals surface area contributed by atoms with E-state index in [9.17, 15) is 9.59 Å². The minimum atomic E-state index is -0.280. The molecule has 0 radical (unpaired) electrons. The van der Waals surface area contributed by atoms with Crippen molar-refractivity contribution in [3.63, 3.8) is 0 Å². The summed E-state index contributed by atoms with van der Waals surface area (Å²) in [5, 5.41) is 0. The SMILES string of the molecule is COC(=O)CC1CC(=O)N1Cc1ccc(OC)cc1. The van der Waals surface area contributed by atoms with E-state index in [1.54, 1.807) is 12.0 Å². The summed E-state index contributed by atoms with van der Waals surface area (Å²) < 4.78 is 9.71. The molecule has 0 saturated carbocycles. The fraction of sp³-hybridized carbons (Fsp3) is 0.429. The maximum atomic E-state index is 11.6. The van der Waals surface area contributed by atoms with Crippen LogP contribution in [-0.4, -0.2) is 37.0 Å².